The highest BCUT2D eigenvalue weighted by Crippen LogP contribution is 2.49. The lowest BCUT2D eigenvalue weighted by atomic mass is 9.89. The highest BCUT2D eigenvalue weighted by molar-refractivity contribution is 8.00. The second kappa shape index (κ2) is 5.80. The minimum absolute atomic E-state index is 0.0568. The Morgan fingerprint density at radius 3 is 2.79 bits per heavy atom. The number of ether oxygens (including phenoxy) is 1. The molecule has 3 rings (SSSR count). The molecule has 1 aromatic heterocycles. The average molecular weight is 352 g/mol. The lowest BCUT2D eigenvalue weighted by Gasteiger charge is -2.25. The standard InChI is InChI=1S/C16H16O7S/c1-7-5-8(18)11-9(6-7)23-14-12(13(11)19)16(21,15(20)22-2)10(24-14)3-4-17/h5-6,10,17-18,21H,3-4H2,1-2H3. The molecule has 2 unspecified atom stereocenters. The molecule has 128 valence electrons. The summed E-state index contributed by atoms with van der Waals surface area (Å²) in [6.07, 6.45) is 0.0568. The van der Waals surface area contributed by atoms with E-state index in [0.717, 1.165) is 18.9 Å². The van der Waals surface area contributed by atoms with Crippen molar-refractivity contribution in [2.24, 2.45) is 0 Å². The van der Waals surface area contributed by atoms with E-state index in [4.69, 9.17) is 4.42 Å². The number of hydrogen-bond donors (Lipinski definition) is 3. The van der Waals surface area contributed by atoms with Crippen LogP contribution in [0.2, 0.25) is 0 Å². The molecule has 2 atom stereocenters. The zero-order valence-electron chi connectivity index (χ0n) is 13.0. The molecule has 0 fully saturated rings. The number of esters is 1. The first-order valence-electron chi connectivity index (χ1n) is 7.23. The molecule has 1 aliphatic heterocycles. The van der Waals surface area contributed by atoms with Crippen molar-refractivity contribution in [2.75, 3.05) is 13.7 Å². The first kappa shape index (κ1) is 16.8. The summed E-state index contributed by atoms with van der Waals surface area (Å²) in [5, 5.41) is 29.4. The second-order valence-corrected chi connectivity index (χ2v) is 6.80. The van der Waals surface area contributed by atoms with Crippen molar-refractivity contribution in [3.63, 3.8) is 0 Å². The molecule has 1 aromatic carbocycles. The Kier molecular flexibility index (Phi) is 4.06. The molecule has 7 nitrogen and oxygen atoms in total. The highest BCUT2D eigenvalue weighted by Gasteiger charge is 2.56. The number of aliphatic hydroxyl groups excluding tert-OH is 1. The fraction of sp³-hybridized carbons (Fsp3) is 0.375. The molecule has 2 heterocycles. The zero-order valence-corrected chi connectivity index (χ0v) is 13.8. The normalized spacial score (nSPS) is 22.6. The number of hydrogen-bond acceptors (Lipinski definition) is 8. The van der Waals surface area contributed by atoms with Crippen LogP contribution < -0.4 is 5.43 Å². The van der Waals surface area contributed by atoms with Gasteiger partial charge in [0.1, 0.15) is 16.7 Å². The third-order valence-electron chi connectivity index (χ3n) is 4.07. The van der Waals surface area contributed by atoms with Crippen molar-refractivity contribution in [1.29, 1.82) is 0 Å². The number of benzene rings is 1. The summed E-state index contributed by atoms with van der Waals surface area (Å²) >= 11 is 0.993. The number of carbonyl (C=O) groups is 1. The van der Waals surface area contributed by atoms with Gasteiger partial charge < -0.3 is 24.5 Å². The monoisotopic (exact) mass is 352 g/mol. The molecule has 0 spiro atoms. The second-order valence-electron chi connectivity index (χ2n) is 5.63. The van der Waals surface area contributed by atoms with E-state index >= 15 is 0 Å². The van der Waals surface area contributed by atoms with Crippen molar-refractivity contribution in [3.8, 4) is 5.75 Å². The number of aryl methyl sites for hydroxylation is 1. The van der Waals surface area contributed by atoms with Crippen LogP contribution in [0, 0.1) is 6.92 Å². The summed E-state index contributed by atoms with van der Waals surface area (Å²) < 4.78 is 10.3. The van der Waals surface area contributed by atoms with Crippen LogP contribution in [-0.4, -0.2) is 40.3 Å². The van der Waals surface area contributed by atoms with Gasteiger partial charge in [-0.3, -0.25) is 4.79 Å². The van der Waals surface area contributed by atoms with E-state index in [0.29, 0.717) is 5.56 Å². The molecular formula is C16H16O7S. The lowest BCUT2D eigenvalue weighted by Crippen LogP contribution is -2.46. The van der Waals surface area contributed by atoms with Crippen LogP contribution in [-0.2, 0) is 15.1 Å². The van der Waals surface area contributed by atoms with E-state index < -0.39 is 22.2 Å². The van der Waals surface area contributed by atoms with E-state index in [1.165, 1.54) is 6.07 Å². The summed E-state index contributed by atoms with van der Waals surface area (Å²) in [5.74, 6) is -1.30. The van der Waals surface area contributed by atoms with Gasteiger partial charge in [0, 0.05) is 6.61 Å². The average Bonchev–Trinajstić information content (AvgIpc) is 2.79. The Morgan fingerprint density at radius 2 is 2.17 bits per heavy atom. The van der Waals surface area contributed by atoms with Crippen molar-refractivity contribution in [1.82, 2.24) is 0 Å². The Hall–Kier alpha value is -2.03. The van der Waals surface area contributed by atoms with Gasteiger partial charge in [-0.1, -0.05) is 11.8 Å². The number of aromatic hydroxyl groups is 1. The number of thioether (sulfide) groups is 1. The van der Waals surface area contributed by atoms with Crippen molar-refractivity contribution in [2.45, 2.75) is 29.3 Å². The Labute approximate surface area is 140 Å². The Morgan fingerprint density at radius 1 is 1.46 bits per heavy atom. The fourth-order valence-corrected chi connectivity index (χ4v) is 4.34. The summed E-state index contributed by atoms with van der Waals surface area (Å²) in [7, 11) is 1.10. The molecule has 0 bridgehead atoms. The van der Waals surface area contributed by atoms with Gasteiger partial charge in [0.2, 0.25) is 11.0 Å². The quantitative estimate of drug-likeness (QED) is 0.701. The topological polar surface area (TPSA) is 117 Å². The van der Waals surface area contributed by atoms with Gasteiger partial charge in [-0.25, -0.2) is 4.79 Å². The van der Waals surface area contributed by atoms with Crippen molar-refractivity contribution < 1.29 is 29.3 Å². The zero-order chi connectivity index (χ0) is 17.6. The summed E-state index contributed by atoms with van der Waals surface area (Å²) in [6.45, 7) is 1.45. The smallest absolute Gasteiger partial charge is 0.344 e. The van der Waals surface area contributed by atoms with Gasteiger partial charge in [0.15, 0.2) is 5.09 Å². The molecule has 0 saturated heterocycles. The van der Waals surface area contributed by atoms with Crippen molar-refractivity contribution >= 4 is 28.7 Å². The van der Waals surface area contributed by atoms with Crippen LogP contribution in [0.25, 0.3) is 11.0 Å². The number of phenols is 1. The number of methoxy groups -OCH3 is 1. The van der Waals surface area contributed by atoms with E-state index in [9.17, 15) is 24.9 Å². The third kappa shape index (κ3) is 2.21. The van der Waals surface area contributed by atoms with Crippen LogP contribution >= 0.6 is 11.8 Å². The molecular weight excluding hydrogens is 336 g/mol. The Bertz CT molecular complexity index is 888. The molecule has 24 heavy (non-hydrogen) atoms. The maximum atomic E-state index is 12.9. The maximum absolute atomic E-state index is 12.9. The van der Waals surface area contributed by atoms with E-state index in [1.54, 1.807) is 13.0 Å². The number of carbonyl (C=O) groups excluding carboxylic acids is 1. The predicted molar refractivity (Wildman–Crippen MR) is 86.1 cm³/mol. The van der Waals surface area contributed by atoms with Crippen LogP contribution in [0.15, 0.2) is 26.4 Å². The summed E-state index contributed by atoms with van der Waals surface area (Å²) in [6, 6.07) is 2.99. The van der Waals surface area contributed by atoms with Gasteiger partial charge in [0.05, 0.1) is 17.9 Å². The molecule has 2 aromatic rings. The van der Waals surface area contributed by atoms with Crippen LogP contribution in [0.3, 0.4) is 0 Å². The lowest BCUT2D eigenvalue weighted by molar-refractivity contribution is -0.164. The van der Waals surface area contributed by atoms with Crippen molar-refractivity contribution in [3.05, 3.63) is 33.5 Å². The number of rotatable bonds is 3. The molecule has 3 N–H and O–H groups in total. The van der Waals surface area contributed by atoms with E-state index in [-0.39, 0.29) is 40.4 Å². The molecule has 0 saturated carbocycles. The van der Waals surface area contributed by atoms with Gasteiger partial charge in [-0.05, 0) is 31.0 Å². The SMILES string of the molecule is COC(=O)C1(O)c2c(oc3cc(C)cc(O)c3c2=O)SC1CCO. The highest BCUT2D eigenvalue weighted by atomic mass is 32.2. The fourth-order valence-electron chi connectivity index (χ4n) is 2.97. The van der Waals surface area contributed by atoms with Gasteiger partial charge in [-0.2, -0.15) is 0 Å². The third-order valence-corrected chi connectivity index (χ3v) is 5.43. The van der Waals surface area contributed by atoms with Gasteiger partial charge in [-0.15, -0.1) is 0 Å². The number of aliphatic hydroxyl groups is 2. The van der Waals surface area contributed by atoms with Crippen LogP contribution in [0.5, 0.6) is 5.75 Å². The predicted octanol–water partition coefficient (Wildman–Crippen LogP) is 1.02. The molecule has 1 aliphatic rings. The first-order chi connectivity index (χ1) is 11.3. The first-order valence-corrected chi connectivity index (χ1v) is 8.11. The van der Waals surface area contributed by atoms with Gasteiger partial charge >= 0.3 is 5.97 Å². The van der Waals surface area contributed by atoms with Crippen LogP contribution in [0.1, 0.15) is 17.5 Å². The van der Waals surface area contributed by atoms with E-state index in [2.05, 4.69) is 4.74 Å². The molecule has 0 radical (unpaired) electrons. The summed E-state index contributed by atoms with van der Waals surface area (Å²) in [4.78, 5) is 25.1. The number of phenolic OH excluding ortho intramolecular Hbond substituents is 1. The van der Waals surface area contributed by atoms with E-state index in [1.807, 2.05) is 0 Å². The van der Waals surface area contributed by atoms with Gasteiger partial charge in [0.25, 0.3) is 0 Å². The maximum Gasteiger partial charge on any atom is 0.344 e. The largest absolute Gasteiger partial charge is 0.507 e. The Balaban J connectivity index is 2.36. The minimum atomic E-state index is -2.25. The summed E-state index contributed by atoms with van der Waals surface area (Å²) in [5.41, 5.74) is -2.33. The molecule has 8 heteroatoms. The minimum Gasteiger partial charge on any atom is -0.507 e. The van der Waals surface area contributed by atoms with Crippen LogP contribution in [0.4, 0.5) is 0 Å². The molecule has 0 amide bonds. The molecule has 0 aliphatic carbocycles. The number of fused-ring (bicyclic) bond motifs is 2.